The van der Waals surface area contributed by atoms with Crippen molar-refractivity contribution in [3.63, 3.8) is 0 Å². The van der Waals surface area contributed by atoms with Crippen LogP contribution in [0.1, 0.15) is 105 Å². The molecule has 7 heteroatoms. The number of carbonyl (C=O) groups excluding carboxylic acids is 1. The summed E-state index contributed by atoms with van der Waals surface area (Å²) in [4.78, 5) is 26.0. The molecule has 0 spiro atoms. The lowest BCUT2D eigenvalue weighted by atomic mass is 9.33. The summed E-state index contributed by atoms with van der Waals surface area (Å²) >= 11 is 0. The maximum Gasteiger partial charge on any atom is 0.331 e. The highest BCUT2D eigenvalue weighted by molar-refractivity contribution is 5.87. The monoisotopic (exact) mass is 634 g/mol. The van der Waals surface area contributed by atoms with Crippen LogP contribution >= 0.6 is 0 Å². The molecule has 4 fully saturated rings. The molecule has 7 nitrogen and oxygen atoms in total. The van der Waals surface area contributed by atoms with Crippen molar-refractivity contribution in [3.8, 4) is 11.5 Å². The number of carboxylic acid groups (broad SMARTS) is 1. The molecule has 6 rings (SSSR count). The average molecular weight is 635 g/mol. The van der Waals surface area contributed by atoms with Crippen LogP contribution in [0.25, 0.3) is 6.08 Å². The van der Waals surface area contributed by atoms with Gasteiger partial charge in [0.1, 0.15) is 6.10 Å². The predicted molar refractivity (Wildman–Crippen MR) is 177 cm³/mol. The second-order valence-corrected chi connectivity index (χ2v) is 17.1. The highest BCUT2D eigenvalue weighted by Gasteiger charge is 2.70. The Balaban J connectivity index is 1.29. The first kappa shape index (κ1) is 33.1. The van der Waals surface area contributed by atoms with Crippen molar-refractivity contribution < 1.29 is 34.8 Å². The number of aliphatic hydroxyl groups excluding tert-OH is 1. The molecule has 5 aliphatic rings. The molecule has 0 aliphatic heterocycles. The minimum Gasteiger partial charge on any atom is -0.504 e. The summed E-state index contributed by atoms with van der Waals surface area (Å²) in [5.41, 5.74) is 0.479. The highest BCUT2D eigenvalue weighted by atomic mass is 16.6. The van der Waals surface area contributed by atoms with E-state index in [2.05, 4.69) is 54.5 Å². The number of hydrogen-bond acceptors (Lipinski definition) is 6. The molecule has 5 aliphatic carbocycles. The van der Waals surface area contributed by atoms with Crippen LogP contribution in [-0.2, 0) is 14.3 Å². The van der Waals surface area contributed by atoms with Gasteiger partial charge in [0.15, 0.2) is 11.5 Å². The molecule has 4 N–H and O–H groups in total. The van der Waals surface area contributed by atoms with E-state index in [1.54, 1.807) is 6.07 Å². The highest BCUT2D eigenvalue weighted by Crippen LogP contribution is 2.75. The van der Waals surface area contributed by atoms with Crippen molar-refractivity contribution in [2.45, 2.75) is 112 Å². The van der Waals surface area contributed by atoms with E-state index in [0.717, 1.165) is 44.9 Å². The topological polar surface area (TPSA) is 124 Å². The zero-order valence-corrected chi connectivity index (χ0v) is 28.7. The lowest BCUT2D eigenvalue weighted by Gasteiger charge is -2.71. The molecule has 0 amide bonds. The number of aliphatic carboxylic acids is 1. The Morgan fingerprint density at radius 2 is 1.65 bits per heavy atom. The Bertz CT molecular complexity index is 1480. The second kappa shape index (κ2) is 10.9. The SMILES string of the molecule is C[C@@H]1[C@H](C)CC[C@@]2(C(=O)O)CC[C@@]3(C)C(=CC[C@H]4[C@@]5(C)C[C@@H](O)[C@H](OC(=O)C=Cc6ccc(O)c(O)c6)C(C)(C)[C@@H]5CC[C@]43C)[C@@H]12. The Hall–Kier alpha value is -2.80. The van der Waals surface area contributed by atoms with E-state index < -0.39 is 35.0 Å². The largest absolute Gasteiger partial charge is 0.504 e. The first-order chi connectivity index (χ1) is 21.4. The van der Waals surface area contributed by atoms with E-state index in [4.69, 9.17) is 4.74 Å². The number of hydrogen-bond donors (Lipinski definition) is 4. The van der Waals surface area contributed by atoms with Gasteiger partial charge in [0.05, 0.1) is 11.5 Å². The summed E-state index contributed by atoms with van der Waals surface area (Å²) in [7, 11) is 0. The summed E-state index contributed by atoms with van der Waals surface area (Å²) in [6.07, 6.45) is 10.6. The van der Waals surface area contributed by atoms with Crippen LogP contribution in [0.4, 0.5) is 0 Å². The summed E-state index contributed by atoms with van der Waals surface area (Å²) in [5.74, 6) is -0.237. The van der Waals surface area contributed by atoms with Crippen molar-refractivity contribution in [2.24, 2.45) is 56.7 Å². The Labute approximate surface area is 274 Å². The smallest absolute Gasteiger partial charge is 0.331 e. The molecule has 46 heavy (non-hydrogen) atoms. The standard InChI is InChI=1S/C39H54O7/c1-22-14-17-39(34(44)45)19-18-37(6)25(32(39)23(22)2)10-12-30-36(5)21-28(42)33(35(3,4)29(36)15-16-38(30,37)7)46-31(43)13-9-24-8-11-26(40)27(41)20-24/h8-11,13,20,22-23,28-30,32-33,40-42H,12,14-19,21H2,1-7H3,(H,44,45)/t22-,23-,28-,29+,30+,32-,33+,36+,37+,38-,39-/m1/s1. The molecular weight excluding hydrogens is 580 g/mol. The van der Waals surface area contributed by atoms with Gasteiger partial charge in [0.2, 0.25) is 0 Å². The zero-order chi connectivity index (χ0) is 33.6. The van der Waals surface area contributed by atoms with Gasteiger partial charge in [-0.1, -0.05) is 66.2 Å². The number of benzene rings is 1. The van der Waals surface area contributed by atoms with E-state index >= 15 is 0 Å². The van der Waals surface area contributed by atoms with Gasteiger partial charge in [-0.15, -0.1) is 0 Å². The van der Waals surface area contributed by atoms with Crippen LogP contribution in [-0.4, -0.2) is 44.6 Å². The van der Waals surface area contributed by atoms with E-state index in [9.17, 15) is 30.0 Å². The molecule has 0 aromatic heterocycles. The number of ether oxygens (including phenoxy) is 1. The molecule has 11 atom stereocenters. The van der Waals surface area contributed by atoms with Gasteiger partial charge < -0.3 is 25.2 Å². The van der Waals surface area contributed by atoms with E-state index in [1.165, 1.54) is 29.9 Å². The molecule has 1 aromatic rings. The van der Waals surface area contributed by atoms with Crippen LogP contribution in [0, 0.1) is 56.7 Å². The molecule has 0 radical (unpaired) electrons. The Morgan fingerprint density at radius 1 is 0.935 bits per heavy atom. The molecule has 0 saturated heterocycles. The fourth-order valence-corrected chi connectivity index (χ4v) is 12.2. The van der Waals surface area contributed by atoms with E-state index in [-0.39, 0.29) is 39.6 Å². The van der Waals surface area contributed by atoms with Gasteiger partial charge in [-0.05, 0) is 121 Å². The first-order valence-corrected chi connectivity index (χ1v) is 17.4. The number of aromatic hydroxyl groups is 2. The van der Waals surface area contributed by atoms with Crippen LogP contribution in [0.15, 0.2) is 35.9 Å². The lowest BCUT2D eigenvalue weighted by molar-refractivity contribution is -0.238. The Morgan fingerprint density at radius 3 is 2.33 bits per heavy atom. The molecule has 0 heterocycles. The molecule has 1 aromatic carbocycles. The lowest BCUT2D eigenvalue weighted by Crippen LogP contribution is -2.67. The van der Waals surface area contributed by atoms with Crippen LogP contribution < -0.4 is 0 Å². The zero-order valence-electron chi connectivity index (χ0n) is 28.7. The van der Waals surface area contributed by atoms with Crippen molar-refractivity contribution in [1.29, 1.82) is 0 Å². The fraction of sp³-hybridized carbons (Fsp3) is 0.692. The number of aliphatic hydroxyl groups is 1. The maximum atomic E-state index is 13.0. The van der Waals surface area contributed by atoms with Crippen molar-refractivity contribution in [2.75, 3.05) is 0 Å². The summed E-state index contributed by atoms with van der Waals surface area (Å²) in [6.45, 7) is 16.1. The number of carbonyl (C=O) groups is 2. The number of phenolic OH excluding ortho intramolecular Hbond substituents is 2. The molecular formula is C39H54O7. The summed E-state index contributed by atoms with van der Waals surface area (Å²) < 4.78 is 6.01. The molecule has 4 saturated carbocycles. The third kappa shape index (κ3) is 4.53. The number of carboxylic acids is 1. The maximum absolute atomic E-state index is 13.0. The number of rotatable bonds is 4. The van der Waals surface area contributed by atoms with Gasteiger partial charge in [-0.3, -0.25) is 4.79 Å². The quantitative estimate of drug-likeness (QED) is 0.116. The Kier molecular flexibility index (Phi) is 7.82. The van der Waals surface area contributed by atoms with Gasteiger partial charge in [-0.25, -0.2) is 4.79 Å². The number of fused-ring (bicyclic) bond motifs is 7. The summed E-state index contributed by atoms with van der Waals surface area (Å²) in [6, 6.07) is 4.33. The third-order valence-electron chi connectivity index (χ3n) is 15.0. The van der Waals surface area contributed by atoms with Crippen molar-refractivity contribution in [3.05, 3.63) is 41.5 Å². The van der Waals surface area contributed by atoms with Gasteiger partial charge in [0.25, 0.3) is 0 Å². The molecule has 252 valence electrons. The minimum atomic E-state index is -0.822. The minimum absolute atomic E-state index is 0.0366. The van der Waals surface area contributed by atoms with E-state index in [1.807, 2.05) is 0 Å². The van der Waals surface area contributed by atoms with Crippen molar-refractivity contribution >= 4 is 18.0 Å². The average Bonchev–Trinajstić information content (AvgIpc) is 2.97. The van der Waals surface area contributed by atoms with Gasteiger partial charge in [-0.2, -0.15) is 0 Å². The summed E-state index contributed by atoms with van der Waals surface area (Å²) in [5, 5.41) is 41.8. The first-order valence-electron chi connectivity index (χ1n) is 17.4. The normalized spacial score (nSPS) is 44.6. The second-order valence-electron chi connectivity index (χ2n) is 17.1. The molecule has 0 bridgehead atoms. The number of esters is 1. The molecule has 0 unspecified atom stereocenters. The van der Waals surface area contributed by atoms with Gasteiger partial charge >= 0.3 is 11.9 Å². The number of allylic oxidation sites excluding steroid dienone is 2. The van der Waals surface area contributed by atoms with Crippen molar-refractivity contribution in [1.82, 2.24) is 0 Å². The fourth-order valence-electron chi connectivity index (χ4n) is 12.2. The third-order valence-corrected chi connectivity index (χ3v) is 15.0. The predicted octanol–water partition coefficient (Wildman–Crippen LogP) is 7.74. The van der Waals surface area contributed by atoms with Crippen LogP contribution in [0.3, 0.4) is 0 Å². The van der Waals surface area contributed by atoms with Crippen LogP contribution in [0.2, 0.25) is 0 Å². The van der Waals surface area contributed by atoms with E-state index in [0.29, 0.717) is 29.7 Å². The van der Waals surface area contributed by atoms with Gasteiger partial charge in [0, 0.05) is 11.5 Å². The van der Waals surface area contributed by atoms with Crippen LogP contribution in [0.5, 0.6) is 11.5 Å². The number of phenols is 2.